The number of carboxylic acids is 1. The van der Waals surface area contributed by atoms with Crippen LogP contribution in [0.25, 0.3) is 0 Å². The molecule has 0 saturated carbocycles. The maximum Gasteiger partial charge on any atom is 0.335 e. The molecule has 0 fully saturated rings. The molecule has 0 spiro atoms. The Labute approximate surface area is 108 Å². The third-order valence-corrected chi connectivity index (χ3v) is 2.42. The van der Waals surface area contributed by atoms with Gasteiger partial charge in [-0.2, -0.15) is 0 Å². The van der Waals surface area contributed by atoms with Gasteiger partial charge in [-0.25, -0.2) is 4.79 Å². The smallest absolute Gasteiger partial charge is 0.335 e. The summed E-state index contributed by atoms with van der Waals surface area (Å²) in [7, 11) is 0. The molecule has 0 aliphatic heterocycles. The molecule has 0 amide bonds. The third kappa shape index (κ3) is 7.68. The highest BCUT2D eigenvalue weighted by Gasteiger charge is 1.99. The van der Waals surface area contributed by atoms with Crippen molar-refractivity contribution < 1.29 is 20.7 Å². The molecular formula is C14H23NO3. The summed E-state index contributed by atoms with van der Waals surface area (Å²) < 4.78 is 0. The molecule has 4 heteroatoms. The Morgan fingerprint density at radius 2 is 2.00 bits per heavy atom. The van der Waals surface area contributed by atoms with Gasteiger partial charge < -0.3 is 15.9 Å². The Bertz CT molecular complexity index is 351. The van der Waals surface area contributed by atoms with Crippen LogP contribution < -0.4 is 10.8 Å². The first-order valence-corrected chi connectivity index (χ1v) is 6.31. The minimum absolute atomic E-state index is 0.178. The summed E-state index contributed by atoms with van der Waals surface area (Å²) in [6, 6.07) is 6.19. The van der Waals surface area contributed by atoms with E-state index in [1.54, 1.807) is 0 Å². The summed E-state index contributed by atoms with van der Waals surface area (Å²) in [5, 5.41) is 19.0. The van der Waals surface area contributed by atoms with E-state index in [0.717, 1.165) is 0 Å². The third-order valence-electron chi connectivity index (χ3n) is 2.42. The number of hydrogen-bond acceptors (Lipinski definition) is 2. The zero-order valence-electron chi connectivity index (χ0n) is 11.2. The zero-order chi connectivity index (χ0) is 14.0. The Morgan fingerprint density at radius 1 is 1.39 bits per heavy atom. The van der Waals surface area contributed by atoms with Gasteiger partial charge in [0.25, 0.3) is 0 Å². The SMILES string of the molecule is CCCCCC(C)[NH3+].O=C(O)c1ccccc1[O-]. The predicted molar refractivity (Wildman–Crippen MR) is 69.3 cm³/mol. The van der Waals surface area contributed by atoms with Crippen LogP contribution in [0.1, 0.15) is 49.9 Å². The minimum Gasteiger partial charge on any atom is -0.872 e. The van der Waals surface area contributed by atoms with E-state index in [9.17, 15) is 9.90 Å². The topological polar surface area (TPSA) is 88.0 Å². The van der Waals surface area contributed by atoms with Crippen LogP contribution in [0.5, 0.6) is 5.75 Å². The largest absolute Gasteiger partial charge is 0.872 e. The van der Waals surface area contributed by atoms with Crippen molar-refractivity contribution in [1.82, 2.24) is 0 Å². The summed E-state index contributed by atoms with van der Waals surface area (Å²) >= 11 is 0. The van der Waals surface area contributed by atoms with Crippen LogP contribution in [0.15, 0.2) is 24.3 Å². The molecule has 1 aromatic rings. The van der Waals surface area contributed by atoms with Gasteiger partial charge >= 0.3 is 5.97 Å². The summed E-state index contributed by atoms with van der Waals surface area (Å²) in [5.41, 5.74) is 3.73. The van der Waals surface area contributed by atoms with Crippen molar-refractivity contribution in [3.8, 4) is 5.75 Å². The molecule has 0 aliphatic rings. The Kier molecular flexibility index (Phi) is 8.66. The van der Waals surface area contributed by atoms with Crippen molar-refractivity contribution in [2.45, 2.75) is 45.6 Å². The first-order valence-electron chi connectivity index (χ1n) is 6.31. The van der Waals surface area contributed by atoms with Crippen LogP contribution in [0.3, 0.4) is 0 Å². The maximum atomic E-state index is 10.7. The number of quaternary nitrogens is 1. The van der Waals surface area contributed by atoms with Crippen molar-refractivity contribution in [2.24, 2.45) is 0 Å². The van der Waals surface area contributed by atoms with E-state index in [0.29, 0.717) is 6.04 Å². The average molecular weight is 253 g/mol. The number of rotatable bonds is 5. The second-order valence-corrected chi connectivity index (χ2v) is 4.40. The molecule has 1 aromatic carbocycles. The molecule has 4 nitrogen and oxygen atoms in total. The lowest BCUT2D eigenvalue weighted by Gasteiger charge is -2.07. The first kappa shape index (κ1) is 16.4. The predicted octanol–water partition coefficient (Wildman–Crippen LogP) is 1.66. The normalized spacial score (nSPS) is 11.3. The van der Waals surface area contributed by atoms with Crippen LogP contribution >= 0.6 is 0 Å². The van der Waals surface area contributed by atoms with Gasteiger partial charge in [0.15, 0.2) is 0 Å². The zero-order valence-corrected chi connectivity index (χ0v) is 11.2. The minimum atomic E-state index is -1.18. The number of benzene rings is 1. The highest BCUT2D eigenvalue weighted by Crippen LogP contribution is 2.10. The summed E-state index contributed by atoms with van der Waals surface area (Å²) in [5.74, 6) is -1.62. The quantitative estimate of drug-likeness (QED) is 0.782. The summed E-state index contributed by atoms with van der Waals surface area (Å²) in [6.45, 7) is 4.41. The number of hydrogen-bond donors (Lipinski definition) is 2. The fraction of sp³-hybridized carbons (Fsp3) is 0.500. The van der Waals surface area contributed by atoms with Crippen LogP contribution in [0.4, 0.5) is 0 Å². The standard InChI is InChI=1S/C7H17N.C7H6O3/c1-3-4-5-6-7(2)8;8-6-4-2-1-3-5(6)7(9)10/h7H,3-6,8H2,1-2H3;1-4,8H,(H,9,10). The molecule has 0 aromatic heterocycles. The van der Waals surface area contributed by atoms with E-state index in [2.05, 4.69) is 19.6 Å². The Balaban J connectivity index is 0.000000331. The molecule has 1 atom stereocenters. The van der Waals surface area contributed by atoms with Crippen LogP contribution in [-0.4, -0.2) is 17.1 Å². The van der Waals surface area contributed by atoms with Crippen molar-refractivity contribution in [3.05, 3.63) is 29.8 Å². The van der Waals surface area contributed by atoms with Crippen molar-refractivity contribution >= 4 is 5.97 Å². The molecule has 0 bridgehead atoms. The van der Waals surface area contributed by atoms with Crippen molar-refractivity contribution in [3.63, 3.8) is 0 Å². The summed E-state index contributed by atoms with van der Waals surface area (Å²) in [4.78, 5) is 10.2. The van der Waals surface area contributed by atoms with E-state index in [-0.39, 0.29) is 5.56 Å². The van der Waals surface area contributed by atoms with Crippen LogP contribution in [0, 0.1) is 0 Å². The average Bonchev–Trinajstić information content (AvgIpc) is 2.30. The van der Waals surface area contributed by atoms with Crippen molar-refractivity contribution in [1.29, 1.82) is 0 Å². The number of carbonyl (C=O) groups is 1. The fourth-order valence-electron chi connectivity index (χ4n) is 1.39. The number of aromatic carboxylic acids is 1. The van der Waals surface area contributed by atoms with E-state index >= 15 is 0 Å². The number of unbranched alkanes of at least 4 members (excludes halogenated alkanes) is 2. The monoisotopic (exact) mass is 253 g/mol. The van der Waals surface area contributed by atoms with Gasteiger partial charge in [-0.1, -0.05) is 43.7 Å². The van der Waals surface area contributed by atoms with Crippen LogP contribution in [0.2, 0.25) is 0 Å². The highest BCUT2D eigenvalue weighted by atomic mass is 16.4. The second-order valence-electron chi connectivity index (χ2n) is 4.40. The molecular weight excluding hydrogens is 230 g/mol. The lowest BCUT2D eigenvalue weighted by molar-refractivity contribution is -0.415. The molecule has 0 aliphatic carbocycles. The first-order chi connectivity index (χ1) is 8.49. The number of para-hydroxylation sites is 1. The number of carboxylic acid groups (broad SMARTS) is 1. The Morgan fingerprint density at radius 3 is 2.39 bits per heavy atom. The summed E-state index contributed by atoms with van der Waals surface area (Å²) in [6.07, 6.45) is 5.36. The van der Waals surface area contributed by atoms with Crippen LogP contribution in [-0.2, 0) is 0 Å². The van der Waals surface area contributed by atoms with Gasteiger partial charge in [0.05, 0.1) is 11.6 Å². The van der Waals surface area contributed by atoms with Gasteiger partial charge in [0.1, 0.15) is 0 Å². The Hall–Kier alpha value is -1.55. The van der Waals surface area contributed by atoms with E-state index in [4.69, 9.17) is 5.11 Å². The van der Waals surface area contributed by atoms with E-state index < -0.39 is 11.7 Å². The van der Waals surface area contributed by atoms with Gasteiger partial charge in [0, 0.05) is 0 Å². The van der Waals surface area contributed by atoms with Gasteiger partial charge in [-0.15, -0.1) is 0 Å². The molecule has 0 heterocycles. The molecule has 0 radical (unpaired) electrons. The second kappa shape index (κ2) is 9.48. The van der Waals surface area contributed by atoms with E-state index in [1.807, 2.05) is 0 Å². The maximum absolute atomic E-state index is 10.7. The van der Waals surface area contributed by atoms with E-state index in [1.165, 1.54) is 49.9 Å². The lowest BCUT2D eigenvalue weighted by Crippen LogP contribution is -2.58. The fourth-order valence-corrected chi connectivity index (χ4v) is 1.39. The van der Waals surface area contributed by atoms with Gasteiger partial charge in [-0.3, -0.25) is 0 Å². The highest BCUT2D eigenvalue weighted by molar-refractivity contribution is 5.90. The molecule has 18 heavy (non-hydrogen) atoms. The molecule has 1 unspecified atom stereocenters. The molecule has 4 N–H and O–H groups in total. The van der Waals surface area contributed by atoms with Gasteiger partial charge in [-0.05, 0) is 25.8 Å². The molecule has 102 valence electrons. The lowest BCUT2D eigenvalue weighted by atomic mass is 10.1. The van der Waals surface area contributed by atoms with Gasteiger partial charge in [0.2, 0.25) is 0 Å². The molecule has 1 rings (SSSR count). The molecule has 0 saturated heterocycles. The van der Waals surface area contributed by atoms with Crippen molar-refractivity contribution in [2.75, 3.05) is 0 Å².